The summed E-state index contributed by atoms with van der Waals surface area (Å²) in [7, 11) is 0. The Hall–Kier alpha value is -3.20. The Morgan fingerprint density at radius 3 is 2.42 bits per heavy atom. The highest BCUT2D eigenvalue weighted by molar-refractivity contribution is 7.12. The van der Waals surface area contributed by atoms with Gasteiger partial charge in [-0.05, 0) is 17.0 Å². The maximum absolute atomic E-state index is 12.3. The van der Waals surface area contributed by atoms with Crippen molar-refractivity contribution in [2.75, 3.05) is 6.61 Å². The van der Waals surface area contributed by atoms with Gasteiger partial charge in [0.25, 0.3) is 11.8 Å². The van der Waals surface area contributed by atoms with Crippen LogP contribution in [0.15, 0.2) is 47.8 Å². The van der Waals surface area contributed by atoms with Crippen molar-refractivity contribution < 1.29 is 23.9 Å². The molecule has 1 heterocycles. The van der Waals surface area contributed by atoms with Crippen molar-refractivity contribution >= 4 is 35.2 Å². The van der Waals surface area contributed by atoms with Gasteiger partial charge in [0.1, 0.15) is 6.04 Å². The van der Waals surface area contributed by atoms with Crippen molar-refractivity contribution in [3.8, 4) is 0 Å². The molecule has 136 valence electrons. The number of urea groups is 1. The van der Waals surface area contributed by atoms with Crippen LogP contribution < -0.4 is 16.4 Å². The van der Waals surface area contributed by atoms with Crippen LogP contribution in [0.5, 0.6) is 0 Å². The number of hydrogen-bond donors (Lipinski definition) is 3. The fraction of sp³-hybridized carbons (Fsp3) is 0.176. The molecule has 0 radical (unpaired) electrons. The van der Waals surface area contributed by atoms with E-state index in [0.29, 0.717) is 4.88 Å². The van der Waals surface area contributed by atoms with Crippen molar-refractivity contribution in [3.63, 3.8) is 0 Å². The molecule has 0 saturated carbocycles. The highest BCUT2D eigenvalue weighted by atomic mass is 32.1. The lowest BCUT2D eigenvalue weighted by atomic mass is 10.1. The van der Waals surface area contributed by atoms with E-state index in [1.54, 1.807) is 47.1 Å². The number of esters is 1. The molecule has 2 aromatic rings. The Kier molecular flexibility index (Phi) is 6.86. The summed E-state index contributed by atoms with van der Waals surface area (Å²) in [5.41, 5.74) is 5.62. The van der Waals surface area contributed by atoms with Gasteiger partial charge in [-0.25, -0.2) is 9.59 Å². The average Bonchev–Trinajstić information content (AvgIpc) is 3.14. The quantitative estimate of drug-likeness (QED) is 0.618. The van der Waals surface area contributed by atoms with Crippen LogP contribution >= 0.6 is 11.3 Å². The summed E-state index contributed by atoms with van der Waals surface area (Å²) in [5.74, 6) is -2.06. The maximum atomic E-state index is 12.3. The molecule has 0 spiro atoms. The molecule has 1 atom stereocenters. The second-order valence-electron chi connectivity index (χ2n) is 5.21. The Morgan fingerprint density at radius 1 is 1.08 bits per heavy atom. The zero-order valence-electron chi connectivity index (χ0n) is 13.6. The summed E-state index contributed by atoms with van der Waals surface area (Å²) in [6.45, 7) is -0.679. The van der Waals surface area contributed by atoms with E-state index in [9.17, 15) is 19.2 Å². The molecule has 0 aliphatic heterocycles. The Bertz CT molecular complexity index is 777. The molecular formula is C17H17N3O5S. The van der Waals surface area contributed by atoms with Gasteiger partial charge in [-0.1, -0.05) is 36.4 Å². The van der Waals surface area contributed by atoms with Gasteiger partial charge in [0.2, 0.25) is 0 Å². The zero-order chi connectivity index (χ0) is 18.9. The smallest absolute Gasteiger partial charge is 0.329 e. The number of nitrogens with two attached hydrogens (primary N) is 1. The average molecular weight is 375 g/mol. The van der Waals surface area contributed by atoms with E-state index in [0.717, 1.165) is 5.56 Å². The molecule has 9 heteroatoms. The molecule has 0 bridgehead atoms. The van der Waals surface area contributed by atoms with Gasteiger partial charge in [0, 0.05) is 6.42 Å². The van der Waals surface area contributed by atoms with Gasteiger partial charge in [0.05, 0.1) is 4.88 Å². The van der Waals surface area contributed by atoms with Crippen molar-refractivity contribution in [1.82, 2.24) is 10.6 Å². The van der Waals surface area contributed by atoms with Gasteiger partial charge >= 0.3 is 12.0 Å². The highest BCUT2D eigenvalue weighted by Crippen LogP contribution is 2.10. The first-order valence-electron chi connectivity index (χ1n) is 7.60. The minimum absolute atomic E-state index is 0.189. The minimum Gasteiger partial charge on any atom is -0.454 e. The molecular weight excluding hydrogens is 358 g/mol. The number of ether oxygens (including phenoxy) is 1. The van der Waals surface area contributed by atoms with Gasteiger partial charge in [-0.2, -0.15) is 0 Å². The Labute approximate surface area is 153 Å². The van der Waals surface area contributed by atoms with E-state index < -0.39 is 36.5 Å². The molecule has 1 aromatic carbocycles. The topological polar surface area (TPSA) is 128 Å². The minimum atomic E-state index is -1.04. The van der Waals surface area contributed by atoms with E-state index in [1.807, 2.05) is 6.07 Å². The molecule has 4 amide bonds. The monoisotopic (exact) mass is 375 g/mol. The second kappa shape index (κ2) is 9.33. The summed E-state index contributed by atoms with van der Waals surface area (Å²) < 4.78 is 4.89. The molecule has 8 nitrogen and oxygen atoms in total. The predicted molar refractivity (Wildman–Crippen MR) is 94.4 cm³/mol. The number of rotatable bonds is 7. The van der Waals surface area contributed by atoms with Crippen molar-refractivity contribution in [2.45, 2.75) is 12.5 Å². The first-order valence-corrected chi connectivity index (χ1v) is 8.48. The highest BCUT2D eigenvalue weighted by Gasteiger charge is 2.24. The summed E-state index contributed by atoms with van der Waals surface area (Å²) >= 11 is 1.24. The number of nitrogens with one attached hydrogen (secondary N) is 2. The fourth-order valence-corrected chi connectivity index (χ4v) is 2.72. The lowest BCUT2D eigenvalue weighted by Crippen LogP contribution is -2.45. The Balaban J connectivity index is 2.03. The molecule has 1 unspecified atom stereocenters. The molecule has 1 aromatic heterocycles. The normalized spacial score (nSPS) is 11.2. The van der Waals surface area contributed by atoms with Gasteiger partial charge in [-0.3, -0.25) is 14.9 Å². The summed E-state index contributed by atoms with van der Waals surface area (Å²) in [6.07, 6.45) is 0.189. The van der Waals surface area contributed by atoms with Crippen LogP contribution in [-0.2, 0) is 20.7 Å². The van der Waals surface area contributed by atoms with E-state index in [-0.39, 0.29) is 6.42 Å². The van der Waals surface area contributed by atoms with E-state index >= 15 is 0 Å². The molecule has 0 aliphatic carbocycles. The van der Waals surface area contributed by atoms with Crippen molar-refractivity contribution in [1.29, 1.82) is 0 Å². The third-order valence-corrected chi connectivity index (χ3v) is 4.09. The lowest BCUT2D eigenvalue weighted by molar-refractivity contribution is -0.150. The van der Waals surface area contributed by atoms with Crippen molar-refractivity contribution in [2.24, 2.45) is 5.73 Å². The van der Waals surface area contributed by atoms with Crippen LogP contribution in [0.3, 0.4) is 0 Å². The third kappa shape index (κ3) is 6.02. The van der Waals surface area contributed by atoms with Gasteiger partial charge in [0.15, 0.2) is 6.61 Å². The number of amides is 4. The van der Waals surface area contributed by atoms with Crippen LogP contribution in [0, 0.1) is 0 Å². The van der Waals surface area contributed by atoms with E-state index in [2.05, 4.69) is 5.32 Å². The number of primary amides is 1. The van der Waals surface area contributed by atoms with Crippen LogP contribution in [0.25, 0.3) is 0 Å². The van der Waals surface area contributed by atoms with Gasteiger partial charge < -0.3 is 15.8 Å². The molecule has 4 N–H and O–H groups in total. The lowest BCUT2D eigenvalue weighted by Gasteiger charge is -2.17. The summed E-state index contributed by atoms with van der Waals surface area (Å²) in [5, 5.41) is 6.14. The number of thiophene rings is 1. The standard InChI is InChI=1S/C17H17N3O5S/c18-17(24)20-14(21)10-25-16(23)12(9-11-5-2-1-3-6-11)19-15(22)13-7-4-8-26-13/h1-8,12H,9-10H2,(H,19,22)(H3,18,20,21,24). The van der Waals surface area contributed by atoms with E-state index in [4.69, 9.17) is 10.5 Å². The number of carbonyl (C=O) groups excluding carboxylic acids is 4. The number of benzene rings is 1. The van der Waals surface area contributed by atoms with Crippen LogP contribution in [0.1, 0.15) is 15.2 Å². The number of carbonyl (C=O) groups is 4. The molecule has 2 rings (SSSR count). The first kappa shape index (κ1) is 19.1. The van der Waals surface area contributed by atoms with Gasteiger partial charge in [-0.15, -0.1) is 11.3 Å². The summed E-state index contributed by atoms with van der Waals surface area (Å²) in [6, 6.07) is 10.4. The Morgan fingerprint density at radius 2 is 1.81 bits per heavy atom. The summed E-state index contributed by atoms with van der Waals surface area (Å²) in [4.78, 5) is 47.0. The van der Waals surface area contributed by atoms with Crippen LogP contribution in [0.2, 0.25) is 0 Å². The largest absolute Gasteiger partial charge is 0.454 e. The predicted octanol–water partition coefficient (Wildman–Crippen LogP) is 0.827. The molecule has 26 heavy (non-hydrogen) atoms. The molecule has 0 aliphatic rings. The van der Waals surface area contributed by atoms with E-state index in [1.165, 1.54) is 11.3 Å². The number of imide groups is 1. The first-order chi connectivity index (χ1) is 12.5. The molecule has 0 saturated heterocycles. The molecule has 0 fully saturated rings. The maximum Gasteiger partial charge on any atom is 0.329 e. The zero-order valence-corrected chi connectivity index (χ0v) is 14.5. The second-order valence-corrected chi connectivity index (χ2v) is 6.16. The number of hydrogen-bond acceptors (Lipinski definition) is 6. The van der Waals surface area contributed by atoms with Crippen LogP contribution in [-0.4, -0.2) is 36.5 Å². The fourth-order valence-electron chi connectivity index (χ4n) is 2.09. The van der Waals surface area contributed by atoms with Crippen LogP contribution in [0.4, 0.5) is 4.79 Å². The van der Waals surface area contributed by atoms with Crippen molar-refractivity contribution in [3.05, 3.63) is 58.3 Å². The third-order valence-electron chi connectivity index (χ3n) is 3.23. The SMILES string of the molecule is NC(=O)NC(=O)COC(=O)C(Cc1ccccc1)NC(=O)c1cccs1.